The average molecular weight is 156 g/mol. The lowest BCUT2D eigenvalue weighted by Crippen LogP contribution is -2.35. The molecule has 1 fully saturated rings. The normalized spacial score (nSPS) is 26.2. The maximum absolute atomic E-state index is 11.0. The fourth-order valence-corrected chi connectivity index (χ4v) is 1.07. The Morgan fingerprint density at radius 3 is 2.55 bits per heavy atom. The quantitative estimate of drug-likeness (QED) is 0.563. The molecule has 1 rings (SSSR count). The lowest BCUT2D eigenvalue weighted by Gasteiger charge is -2.13. The number of urea groups is 1. The summed E-state index contributed by atoms with van der Waals surface area (Å²) < 4.78 is 0. The highest BCUT2D eigenvalue weighted by molar-refractivity contribution is 6.04. The third-order valence-electron chi connectivity index (χ3n) is 2.02. The van der Waals surface area contributed by atoms with E-state index in [1.165, 1.54) is 0 Å². The zero-order valence-electron chi connectivity index (χ0n) is 6.68. The van der Waals surface area contributed by atoms with Crippen LogP contribution in [0.2, 0.25) is 0 Å². The number of hydrogen-bond acceptors (Lipinski definition) is 2. The van der Waals surface area contributed by atoms with Crippen molar-refractivity contribution in [1.82, 2.24) is 10.6 Å². The van der Waals surface area contributed by atoms with Crippen LogP contribution in [-0.2, 0) is 4.79 Å². The van der Waals surface area contributed by atoms with Crippen LogP contribution in [0.3, 0.4) is 0 Å². The second-order valence-electron chi connectivity index (χ2n) is 2.83. The number of imide groups is 1. The standard InChI is InChI=1S/C7H12N2O2/c1-3-4(2)5-6(10)9-7(11)8-5/h4-5H,3H2,1-2H3,(H2,8,9,10,11)/t4-,5-/m1/s1. The molecule has 0 unspecified atom stereocenters. The molecule has 1 heterocycles. The van der Waals surface area contributed by atoms with E-state index in [2.05, 4.69) is 10.6 Å². The molecule has 0 aromatic heterocycles. The Morgan fingerprint density at radius 2 is 2.18 bits per heavy atom. The van der Waals surface area contributed by atoms with Crippen LogP contribution in [0.5, 0.6) is 0 Å². The molecule has 0 saturated carbocycles. The van der Waals surface area contributed by atoms with Crippen LogP contribution < -0.4 is 10.6 Å². The molecule has 62 valence electrons. The largest absolute Gasteiger partial charge is 0.326 e. The molecule has 0 radical (unpaired) electrons. The summed E-state index contributed by atoms with van der Waals surface area (Å²) >= 11 is 0. The van der Waals surface area contributed by atoms with Gasteiger partial charge in [-0.15, -0.1) is 0 Å². The van der Waals surface area contributed by atoms with Crippen molar-refractivity contribution in [3.63, 3.8) is 0 Å². The smallest absolute Gasteiger partial charge is 0.322 e. The zero-order chi connectivity index (χ0) is 8.43. The minimum absolute atomic E-state index is 0.204. The number of amides is 3. The number of rotatable bonds is 2. The SMILES string of the molecule is CC[C@@H](C)[C@H]1NC(=O)NC1=O. The van der Waals surface area contributed by atoms with Gasteiger partial charge < -0.3 is 5.32 Å². The van der Waals surface area contributed by atoms with Gasteiger partial charge in [0.15, 0.2) is 0 Å². The first-order valence-electron chi connectivity index (χ1n) is 3.76. The second-order valence-corrected chi connectivity index (χ2v) is 2.83. The van der Waals surface area contributed by atoms with E-state index in [0.29, 0.717) is 0 Å². The fourth-order valence-electron chi connectivity index (χ4n) is 1.07. The molecule has 2 N–H and O–H groups in total. The molecular formula is C7H12N2O2. The molecule has 11 heavy (non-hydrogen) atoms. The first kappa shape index (κ1) is 8.04. The van der Waals surface area contributed by atoms with Crippen molar-refractivity contribution < 1.29 is 9.59 Å². The molecular weight excluding hydrogens is 144 g/mol. The first-order chi connectivity index (χ1) is 5.15. The number of carbonyl (C=O) groups excluding carboxylic acids is 2. The van der Waals surface area contributed by atoms with Crippen molar-refractivity contribution in [2.45, 2.75) is 26.3 Å². The highest BCUT2D eigenvalue weighted by atomic mass is 16.2. The molecule has 1 aliphatic rings. The topological polar surface area (TPSA) is 58.2 Å². The summed E-state index contributed by atoms with van der Waals surface area (Å²) in [6, 6.07) is -0.701. The summed E-state index contributed by atoms with van der Waals surface area (Å²) in [6.07, 6.45) is 0.887. The molecule has 0 aliphatic carbocycles. The monoisotopic (exact) mass is 156 g/mol. The van der Waals surface area contributed by atoms with Crippen LogP contribution in [0, 0.1) is 5.92 Å². The first-order valence-corrected chi connectivity index (χ1v) is 3.76. The predicted octanol–water partition coefficient (Wildman–Crippen LogP) is 0.241. The number of carbonyl (C=O) groups is 2. The molecule has 1 saturated heterocycles. The Kier molecular flexibility index (Phi) is 2.12. The van der Waals surface area contributed by atoms with Gasteiger partial charge in [0.1, 0.15) is 6.04 Å². The molecule has 1 aliphatic heterocycles. The van der Waals surface area contributed by atoms with Crippen molar-refractivity contribution in [2.24, 2.45) is 5.92 Å². The van der Waals surface area contributed by atoms with Gasteiger partial charge in [0.05, 0.1) is 0 Å². The van der Waals surface area contributed by atoms with Crippen LogP contribution >= 0.6 is 0 Å². The molecule has 3 amide bonds. The van der Waals surface area contributed by atoms with Gasteiger partial charge in [0, 0.05) is 0 Å². The van der Waals surface area contributed by atoms with Crippen LogP contribution in [0.4, 0.5) is 4.79 Å². The minimum Gasteiger partial charge on any atom is -0.326 e. The van der Waals surface area contributed by atoms with E-state index >= 15 is 0 Å². The molecule has 0 bridgehead atoms. The van der Waals surface area contributed by atoms with E-state index in [1.807, 2.05) is 13.8 Å². The summed E-state index contributed by atoms with van der Waals surface area (Å²) in [7, 11) is 0. The van der Waals surface area contributed by atoms with Gasteiger partial charge >= 0.3 is 6.03 Å². The van der Waals surface area contributed by atoms with Crippen molar-refractivity contribution in [3.8, 4) is 0 Å². The number of nitrogens with one attached hydrogen (secondary N) is 2. The molecule has 4 nitrogen and oxygen atoms in total. The Labute approximate surface area is 65.3 Å². The van der Waals surface area contributed by atoms with E-state index in [4.69, 9.17) is 0 Å². The maximum Gasteiger partial charge on any atom is 0.322 e. The van der Waals surface area contributed by atoms with Crippen molar-refractivity contribution in [3.05, 3.63) is 0 Å². The molecule has 0 spiro atoms. The summed E-state index contributed by atoms with van der Waals surface area (Å²) in [6.45, 7) is 3.93. The van der Waals surface area contributed by atoms with Gasteiger partial charge in [-0.2, -0.15) is 0 Å². The molecule has 0 aromatic carbocycles. The fraction of sp³-hybridized carbons (Fsp3) is 0.714. The Morgan fingerprint density at radius 1 is 1.55 bits per heavy atom. The van der Waals surface area contributed by atoms with Crippen LogP contribution in [-0.4, -0.2) is 18.0 Å². The van der Waals surface area contributed by atoms with Crippen molar-refractivity contribution in [2.75, 3.05) is 0 Å². The van der Waals surface area contributed by atoms with E-state index in [0.717, 1.165) is 6.42 Å². The minimum atomic E-state index is -0.375. The Hall–Kier alpha value is -1.06. The molecule has 2 atom stereocenters. The highest BCUT2D eigenvalue weighted by Crippen LogP contribution is 2.10. The Bertz CT molecular complexity index is 191. The summed E-state index contributed by atoms with van der Waals surface area (Å²) in [5, 5.41) is 4.75. The second kappa shape index (κ2) is 2.90. The predicted molar refractivity (Wildman–Crippen MR) is 39.9 cm³/mol. The summed E-state index contributed by atoms with van der Waals surface area (Å²) in [5.41, 5.74) is 0. The lowest BCUT2D eigenvalue weighted by atomic mass is 10.00. The van der Waals surface area contributed by atoms with E-state index < -0.39 is 0 Å². The van der Waals surface area contributed by atoms with Gasteiger partial charge in [-0.05, 0) is 5.92 Å². The average Bonchev–Trinajstić information content (AvgIpc) is 2.28. The third kappa shape index (κ3) is 1.50. The van der Waals surface area contributed by atoms with E-state index in [-0.39, 0.29) is 23.9 Å². The number of hydrogen-bond donors (Lipinski definition) is 2. The van der Waals surface area contributed by atoms with Gasteiger partial charge in [-0.25, -0.2) is 4.79 Å². The van der Waals surface area contributed by atoms with Gasteiger partial charge in [-0.3, -0.25) is 10.1 Å². The van der Waals surface area contributed by atoms with Gasteiger partial charge in [-0.1, -0.05) is 20.3 Å². The summed E-state index contributed by atoms with van der Waals surface area (Å²) in [4.78, 5) is 21.6. The Balaban J connectivity index is 2.59. The van der Waals surface area contributed by atoms with Crippen LogP contribution in [0.15, 0.2) is 0 Å². The van der Waals surface area contributed by atoms with Crippen molar-refractivity contribution >= 4 is 11.9 Å². The van der Waals surface area contributed by atoms with Gasteiger partial charge in [0.2, 0.25) is 0 Å². The molecule has 0 aromatic rings. The van der Waals surface area contributed by atoms with E-state index in [9.17, 15) is 9.59 Å². The molecule has 4 heteroatoms. The highest BCUT2D eigenvalue weighted by Gasteiger charge is 2.32. The summed E-state index contributed by atoms with van der Waals surface area (Å²) in [5.74, 6) is 0.00537. The van der Waals surface area contributed by atoms with Gasteiger partial charge in [0.25, 0.3) is 5.91 Å². The zero-order valence-corrected chi connectivity index (χ0v) is 6.68. The lowest BCUT2D eigenvalue weighted by molar-refractivity contribution is -0.121. The van der Waals surface area contributed by atoms with Crippen LogP contribution in [0.1, 0.15) is 20.3 Å². The van der Waals surface area contributed by atoms with E-state index in [1.54, 1.807) is 0 Å². The van der Waals surface area contributed by atoms with Crippen molar-refractivity contribution in [1.29, 1.82) is 0 Å². The maximum atomic E-state index is 11.0. The third-order valence-corrected chi connectivity index (χ3v) is 2.02. The van der Waals surface area contributed by atoms with Crippen LogP contribution in [0.25, 0.3) is 0 Å².